The molecule has 0 aromatic heterocycles. The predicted molar refractivity (Wildman–Crippen MR) is 138 cm³/mol. The van der Waals surface area contributed by atoms with E-state index in [2.05, 4.69) is 20.8 Å². The van der Waals surface area contributed by atoms with Crippen molar-refractivity contribution in [3.8, 4) is 0 Å². The molecule has 0 amide bonds. The summed E-state index contributed by atoms with van der Waals surface area (Å²) < 4.78 is 46.6. The molecule has 202 valence electrons. The van der Waals surface area contributed by atoms with Crippen LogP contribution in [0.1, 0.15) is 66.2 Å². The molecule has 4 rings (SSSR count). The summed E-state index contributed by atoms with van der Waals surface area (Å²) in [7, 11) is 3.38. The van der Waals surface area contributed by atoms with Crippen molar-refractivity contribution in [2.75, 3.05) is 21.0 Å². The van der Waals surface area contributed by atoms with E-state index < -0.39 is 22.1 Å². The molecule has 3 aliphatic carbocycles. The van der Waals surface area contributed by atoms with E-state index in [0.717, 1.165) is 25.7 Å². The minimum Gasteiger partial charge on any atom is -0.609 e. The van der Waals surface area contributed by atoms with Crippen molar-refractivity contribution in [2.24, 2.45) is 34.0 Å². The van der Waals surface area contributed by atoms with Crippen LogP contribution in [0.4, 0.5) is 4.39 Å². The van der Waals surface area contributed by atoms with E-state index in [1.54, 1.807) is 38.5 Å². The maximum Gasteiger partial charge on any atom is 0.259 e. The Morgan fingerprint density at radius 1 is 1.14 bits per heavy atom. The van der Waals surface area contributed by atoms with Crippen LogP contribution < -0.4 is 0 Å². The molecule has 3 saturated carbocycles. The summed E-state index contributed by atoms with van der Waals surface area (Å²) in [6.07, 6.45) is 3.85. The third kappa shape index (κ3) is 4.47. The van der Waals surface area contributed by atoms with E-state index in [9.17, 15) is 9.35 Å². The average Bonchev–Trinajstić information content (AvgIpc) is 3.28. The van der Waals surface area contributed by atoms with Gasteiger partial charge in [0, 0.05) is 48.6 Å². The molecule has 3 fully saturated rings. The van der Waals surface area contributed by atoms with Gasteiger partial charge in [-0.25, -0.2) is 0 Å². The highest BCUT2D eigenvalue weighted by Crippen LogP contribution is 2.69. The van der Waals surface area contributed by atoms with Crippen molar-refractivity contribution in [3.63, 3.8) is 0 Å². The highest BCUT2D eigenvalue weighted by Gasteiger charge is 2.68. The highest BCUT2D eigenvalue weighted by molar-refractivity contribution is 7.91. The highest BCUT2D eigenvalue weighted by atomic mass is 32.2. The number of ketones is 1. The number of carbonyl (C=O) groups is 1. The van der Waals surface area contributed by atoms with Crippen molar-refractivity contribution < 1.29 is 27.9 Å². The third-order valence-corrected chi connectivity index (χ3v) is 11.7. The fourth-order valence-corrected chi connectivity index (χ4v) is 9.44. The van der Waals surface area contributed by atoms with Crippen LogP contribution in [-0.2, 0) is 30.2 Å². The van der Waals surface area contributed by atoms with Gasteiger partial charge in [-0.2, -0.15) is 4.39 Å². The van der Waals surface area contributed by atoms with Gasteiger partial charge in [-0.05, 0) is 61.5 Å². The second-order valence-corrected chi connectivity index (χ2v) is 13.5. The quantitative estimate of drug-likeness (QED) is 0.313. The molecule has 0 spiro atoms. The first-order valence-electron chi connectivity index (χ1n) is 13.3. The number of ether oxygens (including phenoxy) is 3. The molecule has 36 heavy (non-hydrogen) atoms. The fourth-order valence-electron chi connectivity index (χ4n) is 8.20. The van der Waals surface area contributed by atoms with Crippen LogP contribution in [0.15, 0.2) is 35.2 Å². The second-order valence-electron chi connectivity index (χ2n) is 12.0. The van der Waals surface area contributed by atoms with Crippen LogP contribution in [0.25, 0.3) is 0 Å². The summed E-state index contributed by atoms with van der Waals surface area (Å²) in [6.45, 7) is 8.62. The van der Waals surface area contributed by atoms with E-state index in [-0.39, 0.29) is 53.9 Å². The SMILES string of the molecule is COCO[C@@H]1C[C@@](C)(CC(F)[S+]([O-])c2ccccc2)C(=O)[C@H](C)C23CC[C@@H](C)[C@]1(C)C2[C@H](OC)CC3. The van der Waals surface area contributed by atoms with Gasteiger partial charge in [-0.3, -0.25) is 4.79 Å². The first kappa shape index (κ1) is 28.0. The average molecular weight is 523 g/mol. The van der Waals surface area contributed by atoms with Gasteiger partial charge in [0.1, 0.15) is 12.6 Å². The molecule has 7 heteroatoms. The van der Waals surface area contributed by atoms with E-state index >= 15 is 4.39 Å². The molecule has 10 atom stereocenters. The summed E-state index contributed by atoms with van der Waals surface area (Å²) in [6, 6.07) is 8.69. The smallest absolute Gasteiger partial charge is 0.259 e. The van der Waals surface area contributed by atoms with Gasteiger partial charge in [0.25, 0.3) is 5.50 Å². The molecule has 5 nitrogen and oxygen atoms in total. The van der Waals surface area contributed by atoms with Gasteiger partial charge < -0.3 is 18.8 Å². The Hall–Kier alpha value is -0.990. The topological polar surface area (TPSA) is 67.8 Å². The van der Waals surface area contributed by atoms with E-state index in [1.165, 1.54) is 0 Å². The summed E-state index contributed by atoms with van der Waals surface area (Å²) in [5.41, 5.74) is -3.14. The zero-order chi connectivity index (χ0) is 26.3. The lowest BCUT2D eigenvalue weighted by molar-refractivity contribution is -0.220. The minimum absolute atomic E-state index is 0.0607. The lowest BCUT2D eigenvalue weighted by Crippen LogP contribution is -2.63. The van der Waals surface area contributed by atoms with E-state index in [0.29, 0.717) is 17.2 Å². The van der Waals surface area contributed by atoms with E-state index in [1.807, 2.05) is 13.0 Å². The van der Waals surface area contributed by atoms with Crippen LogP contribution in [-0.4, -0.2) is 49.1 Å². The first-order chi connectivity index (χ1) is 17.0. The molecule has 0 aliphatic heterocycles. The number of rotatable bonds is 8. The number of hydrogen-bond acceptors (Lipinski definition) is 5. The Labute approximate surface area is 219 Å². The predicted octanol–water partition coefficient (Wildman–Crippen LogP) is 5.93. The number of Topliss-reactive ketones (excluding diaryl/α,β-unsaturated/α-hetero) is 1. The molecule has 0 heterocycles. The molecular formula is C29H43FO5S. The molecule has 0 saturated heterocycles. The number of alkyl halides is 1. The van der Waals surface area contributed by atoms with Crippen LogP contribution in [0.5, 0.6) is 0 Å². The van der Waals surface area contributed by atoms with Gasteiger partial charge in [0.15, 0.2) is 4.90 Å². The largest absolute Gasteiger partial charge is 0.609 e. The lowest BCUT2D eigenvalue weighted by Gasteiger charge is -2.62. The molecule has 3 aliphatic rings. The number of hydrogen-bond donors (Lipinski definition) is 0. The summed E-state index contributed by atoms with van der Waals surface area (Å²) >= 11 is -1.85. The molecule has 0 N–H and O–H groups in total. The Bertz CT molecular complexity index is 916. The lowest BCUT2D eigenvalue weighted by atomic mass is 9.44. The molecule has 4 unspecified atom stereocenters. The van der Waals surface area contributed by atoms with Crippen LogP contribution in [0, 0.1) is 34.0 Å². The Balaban J connectivity index is 1.76. The molecule has 1 aromatic rings. The van der Waals surface area contributed by atoms with Crippen LogP contribution >= 0.6 is 0 Å². The number of carbonyl (C=O) groups excluding carboxylic acids is 1. The maximum atomic E-state index is 15.7. The van der Waals surface area contributed by atoms with Crippen molar-refractivity contribution in [1.82, 2.24) is 0 Å². The Kier molecular flexibility index (Phi) is 8.29. The number of methoxy groups -OCH3 is 2. The van der Waals surface area contributed by atoms with Crippen molar-refractivity contribution >= 4 is 17.0 Å². The van der Waals surface area contributed by atoms with Crippen molar-refractivity contribution in [2.45, 2.75) is 88.8 Å². The van der Waals surface area contributed by atoms with Crippen LogP contribution in [0.2, 0.25) is 0 Å². The molecular weight excluding hydrogens is 479 g/mol. The summed E-state index contributed by atoms with van der Waals surface area (Å²) in [5.74, 6) is 0.348. The van der Waals surface area contributed by atoms with E-state index in [4.69, 9.17) is 14.2 Å². The monoisotopic (exact) mass is 522 g/mol. The van der Waals surface area contributed by atoms with Crippen LogP contribution in [0.3, 0.4) is 0 Å². The van der Waals surface area contributed by atoms with Gasteiger partial charge in [0.2, 0.25) is 0 Å². The third-order valence-electron chi connectivity index (χ3n) is 10.3. The van der Waals surface area contributed by atoms with Gasteiger partial charge in [0.05, 0.1) is 12.2 Å². The van der Waals surface area contributed by atoms with Gasteiger partial charge in [-0.15, -0.1) is 0 Å². The maximum absolute atomic E-state index is 15.7. The molecule has 0 radical (unpaired) electrons. The standard InChI is InChI=1S/C29H43FO5S/c1-19-12-14-29-15-13-22(34-6)25(29)28(19,4)23(35-18-33-5)16-27(3,26(31)20(29)2)17-24(30)36(32)21-10-8-7-9-11-21/h7-11,19-20,22-25H,12-18H2,1-6H3/t19-,20+,22-,23-,24?,25?,27+,28+,29?,36?/m1/s1. The normalized spacial score (nSPS) is 42.3. The van der Waals surface area contributed by atoms with Gasteiger partial charge in [-0.1, -0.05) is 45.9 Å². The van der Waals surface area contributed by atoms with Gasteiger partial charge >= 0.3 is 0 Å². The number of halogens is 1. The summed E-state index contributed by atoms with van der Waals surface area (Å²) in [4.78, 5) is 14.8. The zero-order valence-corrected chi connectivity index (χ0v) is 23.4. The first-order valence-corrected chi connectivity index (χ1v) is 14.5. The zero-order valence-electron chi connectivity index (χ0n) is 22.6. The Morgan fingerprint density at radius 3 is 2.44 bits per heavy atom. The number of benzene rings is 1. The van der Waals surface area contributed by atoms with Crippen molar-refractivity contribution in [1.29, 1.82) is 0 Å². The Morgan fingerprint density at radius 2 is 1.81 bits per heavy atom. The minimum atomic E-state index is -1.85. The van der Waals surface area contributed by atoms with Crippen molar-refractivity contribution in [3.05, 3.63) is 30.3 Å². The second kappa shape index (κ2) is 10.6. The molecule has 1 aromatic carbocycles. The summed E-state index contributed by atoms with van der Waals surface area (Å²) in [5, 5.41) is 0. The fraction of sp³-hybridized carbons (Fsp3) is 0.759. The molecule has 2 bridgehead atoms.